The third-order valence-corrected chi connectivity index (χ3v) is 2.90. The van der Waals surface area contributed by atoms with E-state index >= 15 is 0 Å². The molecule has 1 aliphatic heterocycles. The van der Waals surface area contributed by atoms with Crippen LogP contribution in [0, 0.1) is 0 Å². The summed E-state index contributed by atoms with van der Waals surface area (Å²) in [5, 5.41) is 23.3. The number of phenols is 1. The van der Waals surface area contributed by atoms with Gasteiger partial charge in [-0.1, -0.05) is 17.7 Å². The predicted molar refractivity (Wildman–Crippen MR) is 54.5 cm³/mol. The highest BCUT2D eigenvalue weighted by Gasteiger charge is 2.36. The van der Waals surface area contributed by atoms with Crippen molar-refractivity contribution in [3.05, 3.63) is 28.8 Å². The number of aromatic hydroxyl groups is 1. The summed E-state index contributed by atoms with van der Waals surface area (Å²) in [6, 6.07) is 4.87. The zero-order chi connectivity index (χ0) is 10.2. The fourth-order valence-electron chi connectivity index (χ4n) is 1.87. The van der Waals surface area contributed by atoms with Gasteiger partial charge in [-0.05, 0) is 25.1 Å². The molecule has 3 N–H and O–H groups in total. The van der Waals surface area contributed by atoms with Crippen LogP contribution in [-0.2, 0) is 5.60 Å². The number of nitrogens with one attached hydrogen (secondary N) is 1. The van der Waals surface area contributed by atoms with Gasteiger partial charge in [0.15, 0.2) is 0 Å². The minimum Gasteiger partial charge on any atom is -0.508 e. The fraction of sp³-hybridized carbons (Fsp3) is 0.400. The van der Waals surface area contributed by atoms with Crippen molar-refractivity contribution in [1.29, 1.82) is 0 Å². The molecule has 1 aromatic rings. The SMILES string of the molecule is Oc1cccc(Cl)c1C1(O)CCNC1. The van der Waals surface area contributed by atoms with Gasteiger partial charge in [-0.3, -0.25) is 0 Å². The van der Waals surface area contributed by atoms with E-state index in [1.807, 2.05) is 0 Å². The number of aliphatic hydroxyl groups is 1. The molecule has 1 aliphatic rings. The molecule has 3 nitrogen and oxygen atoms in total. The zero-order valence-electron chi connectivity index (χ0n) is 7.63. The highest BCUT2D eigenvalue weighted by Crippen LogP contribution is 2.38. The third kappa shape index (κ3) is 1.47. The summed E-state index contributed by atoms with van der Waals surface area (Å²) in [4.78, 5) is 0. The van der Waals surface area contributed by atoms with Gasteiger partial charge in [-0.2, -0.15) is 0 Å². The number of hydrogen-bond acceptors (Lipinski definition) is 3. The predicted octanol–water partition coefficient (Wildman–Crippen LogP) is 1.23. The zero-order valence-corrected chi connectivity index (χ0v) is 8.38. The van der Waals surface area contributed by atoms with Gasteiger partial charge in [0.05, 0.1) is 5.02 Å². The van der Waals surface area contributed by atoms with E-state index in [1.54, 1.807) is 12.1 Å². The van der Waals surface area contributed by atoms with Gasteiger partial charge in [-0.15, -0.1) is 0 Å². The lowest BCUT2D eigenvalue weighted by Crippen LogP contribution is -2.28. The molecule has 0 aromatic heterocycles. The monoisotopic (exact) mass is 213 g/mol. The van der Waals surface area contributed by atoms with E-state index in [2.05, 4.69) is 5.32 Å². The molecule has 0 spiro atoms. The normalized spacial score (nSPS) is 26.7. The van der Waals surface area contributed by atoms with Crippen LogP contribution < -0.4 is 5.32 Å². The molecule has 2 rings (SSSR count). The summed E-state index contributed by atoms with van der Waals surface area (Å²) in [5.41, 5.74) is -0.589. The number of phenolic OH excluding ortho intramolecular Hbond substituents is 1. The Bertz CT molecular complexity index is 328. The van der Waals surface area contributed by atoms with Crippen molar-refractivity contribution in [3.8, 4) is 5.75 Å². The van der Waals surface area contributed by atoms with Gasteiger partial charge in [0, 0.05) is 12.1 Å². The Balaban J connectivity index is 2.49. The first-order valence-electron chi connectivity index (χ1n) is 4.54. The summed E-state index contributed by atoms with van der Waals surface area (Å²) < 4.78 is 0. The van der Waals surface area contributed by atoms with E-state index in [4.69, 9.17) is 11.6 Å². The molecule has 1 atom stereocenters. The smallest absolute Gasteiger partial charge is 0.123 e. The molecule has 1 unspecified atom stereocenters. The number of hydrogen-bond donors (Lipinski definition) is 3. The first kappa shape index (κ1) is 9.77. The lowest BCUT2D eigenvalue weighted by molar-refractivity contribution is 0.0563. The van der Waals surface area contributed by atoms with Crippen LogP contribution in [0.15, 0.2) is 18.2 Å². The maximum atomic E-state index is 10.2. The Morgan fingerprint density at radius 2 is 2.21 bits per heavy atom. The van der Waals surface area contributed by atoms with Crippen molar-refractivity contribution in [1.82, 2.24) is 5.32 Å². The van der Waals surface area contributed by atoms with E-state index in [9.17, 15) is 10.2 Å². The molecule has 1 fully saturated rings. The maximum Gasteiger partial charge on any atom is 0.123 e. The van der Waals surface area contributed by atoms with Crippen molar-refractivity contribution < 1.29 is 10.2 Å². The number of β-amino-alcohol motifs (C(OH)–C–C–N with tert-alkyl or cyclic N) is 1. The Hall–Kier alpha value is -0.770. The van der Waals surface area contributed by atoms with Crippen molar-refractivity contribution >= 4 is 11.6 Å². The molecule has 0 radical (unpaired) electrons. The highest BCUT2D eigenvalue weighted by molar-refractivity contribution is 6.31. The maximum absolute atomic E-state index is 10.2. The first-order valence-corrected chi connectivity index (χ1v) is 4.92. The molecule has 0 bridgehead atoms. The van der Waals surface area contributed by atoms with Crippen molar-refractivity contribution in [3.63, 3.8) is 0 Å². The lowest BCUT2D eigenvalue weighted by atomic mass is 9.92. The molecule has 4 heteroatoms. The van der Waals surface area contributed by atoms with Crippen molar-refractivity contribution in [2.24, 2.45) is 0 Å². The van der Waals surface area contributed by atoms with Gasteiger partial charge in [0.2, 0.25) is 0 Å². The van der Waals surface area contributed by atoms with Crippen LogP contribution in [0.5, 0.6) is 5.75 Å². The standard InChI is InChI=1S/C10H12ClNO2/c11-7-2-1-3-8(13)9(7)10(14)4-5-12-6-10/h1-3,12-14H,4-6H2. The Morgan fingerprint density at radius 1 is 1.43 bits per heavy atom. The topological polar surface area (TPSA) is 52.5 Å². The van der Waals surface area contributed by atoms with Crippen LogP contribution in [-0.4, -0.2) is 23.3 Å². The van der Waals surface area contributed by atoms with Gasteiger partial charge >= 0.3 is 0 Å². The number of benzene rings is 1. The highest BCUT2D eigenvalue weighted by atomic mass is 35.5. The summed E-state index contributed by atoms with van der Waals surface area (Å²) >= 11 is 5.95. The minimum absolute atomic E-state index is 0.0590. The molecule has 1 saturated heterocycles. The molecule has 1 aromatic carbocycles. The van der Waals surface area contributed by atoms with Gasteiger partial charge in [0.25, 0.3) is 0 Å². The molecular formula is C10H12ClNO2. The minimum atomic E-state index is -1.03. The molecule has 76 valence electrons. The summed E-state index contributed by atoms with van der Waals surface area (Å²) in [7, 11) is 0. The van der Waals surface area contributed by atoms with Gasteiger partial charge < -0.3 is 15.5 Å². The Labute approximate surface area is 87.3 Å². The van der Waals surface area contributed by atoms with E-state index in [1.165, 1.54) is 6.07 Å². The van der Waals surface area contributed by atoms with E-state index in [0.717, 1.165) is 6.54 Å². The second kappa shape index (κ2) is 3.42. The second-order valence-corrected chi connectivity index (χ2v) is 4.00. The molecule has 0 aliphatic carbocycles. The summed E-state index contributed by atoms with van der Waals surface area (Å²) in [5.74, 6) is 0.0590. The molecule has 0 saturated carbocycles. The summed E-state index contributed by atoms with van der Waals surface area (Å²) in [6.45, 7) is 1.17. The van der Waals surface area contributed by atoms with Gasteiger partial charge in [-0.25, -0.2) is 0 Å². The van der Waals surface area contributed by atoms with Crippen LogP contribution in [0.3, 0.4) is 0 Å². The molecular weight excluding hydrogens is 202 g/mol. The van der Waals surface area contributed by atoms with Crippen LogP contribution in [0.2, 0.25) is 5.02 Å². The van der Waals surface area contributed by atoms with Crippen LogP contribution in [0.1, 0.15) is 12.0 Å². The number of halogens is 1. The van der Waals surface area contributed by atoms with E-state index < -0.39 is 5.60 Å². The summed E-state index contributed by atoms with van der Waals surface area (Å²) in [6.07, 6.45) is 0.574. The van der Waals surface area contributed by atoms with Crippen LogP contribution in [0.4, 0.5) is 0 Å². The van der Waals surface area contributed by atoms with Crippen LogP contribution >= 0.6 is 11.6 Å². The van der Waals surface area contributed by atoms with Crippen LogP contribution in [0.25, 0.3) is 0 Å². The van der Waals surface area contributed by atoms with E-state index in [0.29, 0.717) is 23.6 Å². The fourth-order valence-corrected chi connectivity index (χ4v) is 2.21. The van der Waals surface area contributed by atoms with Gasteiger partial charge in [0.1, 0.15) is 11.4 Å². The van der Waals surface area contributed by atoms with E-state index in [-0.39, 0.29) is 5.75 Å². The Morgan fingerprint density at radius 3 is 2.79 bits per heavy atom. The average molecular weight is 214 g/mol. The lowest BCUT2D eigenvalue weighted by Gasteiger charge is -2.23. The Kier molecular flexibility index (Phi) is 2.39. The van der Waals surface area contributed by atoms with Crippen molar-refractivity contribution in [2.45, 2.75) is 12.0 Å². The average Bonchev–Trinajstić information content (AvgIpc) is 2.52. The third-order valence-electron chi connectivity index (χ3n) is 2.59. The quantitative estimate of drug-likeness (QED) is 0.658. The number of rotatable bonds is 1. The second-order valence-electron chi connectivity index (χ2n) is 3.59. The molecule has 1 heterocycles. The largest absolute Gasteiger partial charge is 0.508 e. The molecule has 14 heavy (non-hydrogen) atoms. The first-order chi connectivity index (χ1) is 6.63. The van der Waals surface area contributed by atoms with Crippen molar-refractivity contribution in [2.75, 3.05) is 13.1 Å². The molecule has 0 amide bonds.